The van der Waals surface area contributed by atoms with E-state index in [0.717, 1.165) is 45.0 Å². The molecule has 1 aliphatic rings. The highest BCUT2D eigenvalue weighted by molar-refractivity contribution is 5.71. The summed E-state index contributed by atoms with van der Waals surface area (Å²) >= 11 is 0. The molecular formula is C30H38N6O2. The molecule has 0 radical (unpaired) electrons. The Hall–Kier alpha value is -3.49. The molecule has 4 aromatic rings. The Morgan fingerprint density at radius 2 is 1.39 bits per heavy atom. The molecule has 0 N–H and O–H groups in total. The normalized spacial score (nSPS) is 15.2. The summed E-state index contributed by atoms with van der Waals surface area (Å²) in [6.07, 6.45) is 0.727. The fraction of sp³-hybridized carbons (Fsp3) is 0.433. The molecule has 0 amide bonds. The Kier molecular flexibility index (Phi) is 7.63. The number of rotatable bonds is 8. The van der Waals surface area contributed by atoms with Gasteiger partial charge in [0.1, 0.15) is 5.82 Å². The van der Waals surface area contributed by atoms with Crippen LogP contribution in [0.2, 0.25) is 0 Å². The number of hydrogen-bond donors (Lipinski definition) is 0. The van der Waals surface area contributed by atoms with Crippen LogP contribution in [0.3, 0.4) is 0 Å². The van der Waals surface area contributed by atoms with Gasteiger partial charge in [-0.2, -0.15) is 0 Å². The van der Waals surface area contributed by atoms with Gasteiger partial charge >= 0.3 is 5.69 Å². The predicted molar refractivity (Wildman–Crippen MR) is 151 cm³/mol. The van der Waals surface area contributed by atoms with Gasteiger partial charge < -0.3 is 9.47 Å². The van der Waals surface area contributed by atoms with Crippen molar-refractivity contribution >= 4 is 11.2 Å². The highest BCUT2D eigenvalue weighted by Crippen LogP contribution is 2.29. The summed E-state index contributed by atoms with van der Waals surface area (Å²) in [5.41, 5.74) is 3.06. The maximum absolute atomic E-state index is 12.9. The number of imidazole rings is 1. The molecule has 8 heteroatoms. The maximum Gasteiger partial charge on any atom is 0.332 e. The second kappa shape index (κ2) is 11.1. The van der Waals surface area contributed by atoms with Crippen molar-refractivity contribution in [2.45, 2.75) is 32.9 Å². The van der Waals surface area contributed by atoms with E-state index in [9.17, 15) is 9.59 Å². The van der Waals surface area contributed by atoms with Crippen LogP contribution < -0.4 is 11.2 Å². The summed E-state index contributed by atoms with van der Waals surface area (Å²) in [5, 5.41) is 0. The van der Waals surface area contributed by atoms with Crippen molar-refractivity contribution in [1.82, 2.24) is 28.5 Å². The fourth-order valence-corrected chi connectivity index (χ4v) is 5.62. The molecule has 8 nitrogen and oxygen atoms in total. The van der Waals surface area contributed by atoms with Crippen molar-refractivity contribution in [3.8, 4) is 0 Å². The first-order valence-electron chi connectivity index (χ1n) is 13.6. The van der Waals surface area contributed by atoms with E-state index in [1.165, 1.54) is 15.7 Å². The largest absolute Gasteiger partial charge is 0.332 e. The van der Waals surface area contributed by atoms with Crippen molar-refractivity contribution in [3.05, 3.63) is 98.5 Å². The van der Waals surface area contributed by atoms with Gasteiger partial charge in [0.05, 0.1) is 6.04 Å². The lowest BCUT2D eigenvalue weighted by molar-refractivity contribution is 0.110. The Morgan fingerprint density at radius 1 is 0.816 bits per heavy atom. The van der Waals surface area contributed by atoms with Crippen molar-refractivity contribution in [1.29, 1.82) is 0 Å². The minimum absolute atomic E-state index is 0.244. The van der Waals surface area contributed by atoms with E-state index in [1.54, 1.807) is 11.6 Å². The van der Waals surface area contributed by atoms with Gasteiger partial charge in [-0.05, 0) is 17.0 Å². The smallest absolute Gasteiger partial charge is 0.325 e. The molecule has 0 bridgehead atoms. The lowest BCUT2D eigenvalue weighted by atomic mass is 9.96. The summed E-state index contributed by atoms with van der Waals surface area (Å²) < 4.78 is 4.73. The number of piperazine rings is 1. The zero-order chi connectivity index (χ0) is 26.8. The summed E-state index contributed by atoms with van der Waals surface area (Å²) in [7, 11) is 3.43. The van der Waals surface area contributed by atoms with Crippen molar-refractivity contribution in [3.63, 3.8) is 0 Å². The molecule has 0 saturated carbocycles. The second-order valence-corrected chi connectivity index (χ2v) is 10.8. The molecule has 1 aliphatic heterocycles. The third-order valence-corrected chi connectivity index (χ3v) is 7.65. The summed E-state index contributed by atoms with van der Waals surface area (Å²) in [4.78, 5) is 35.6. The Bertz CT molecular complexity index is 1460. The van der Waals surface area contributed by atoms with E-state index in [0.29, 0.717) is 17.7 Å². The molecule has 0 spiro atoms. The molecule has 1 saturated heterocycles. The van der Waals surface area contributed by atoms with Gasteiger partial charge in [0, 0.05) is 59.8 Å². The number of aromatic nitrogens is 4. The summed E-state index contributed by atoms with van der Waals surface area (Å²) in [6.45, 7) is 9.42. The zero-order valence-electron chi connectivity index (χ0n) is 22.9. The molecule has 0 aliphatic carbocycles. The van der Waals surface area contributed by atoms with E-state index in [-0.39, 0.29) is 23.2 Å². The number of benzene rings is 2. The van der Waals surface area contributed by atoms with E-state index >= 15 is 0 Å². The van der Waals surface area contributed by atoms with Crippen LogP contribution >= 0.6 is 0 Å². The minimum atomic E-state index is -0.302. The highest BCUT2D eigenvalue weighted by Gasteiger charge is 2.27. The fourth-order valence-electron chi connectivity index (χ4n) is 5.62. The number of aryl methyl sites for hydroxylation is 1. The lowest BCUT2D eigenvalue weighted by Gasteiger charge is -2.39. The topological polar surface area (TPSA) is 68.3 Å². The average Bonchev–Trinajstić information content (AvgIpc) is 3.26. The first-order chi connectivity index (χ1) is 18.3. The van der Waals surface area contributed by atoms with Gasteiger partial charge in [-0.25, -0.2) is 9.78 Å². The van der Waals surface area contributed by atoms with Gasteiger partial charge in [-0.3, -0.25) is 18.8 Å². The van der Waals surface area contributed by atoms with Gasteiger partial charge in [0.15, 0.2) is 11.2 Å². The van der Waals surface area contributed by atoms with E-state index < -0.39 is 0 Å². The molecule has 2 aromatic heterocycles. The van der Waals surface area contributed by atoms with E-state index in [2.05, 4.69) is 84.3 Å². The third-order valence-electron chi connectivity index (χ3n) is 7.65. The maximum atomic E-state index is 12.9. The lowest BCUT2D eigenvalue weighted by Crippen LogP contribution is -2.48. The molecule has 3 heterocycles. The quantitative estimate of drug-likeness (QED) is 0.362. The number of fused-ring (bicyclic) bond motifs is 1. The van der Waals surface area contributed by atoms with Gasteiger partial charge in [0.25, 0.3) is 5.56 Å². The highest BCUT2D eigenvalue weighted by atomic mass is 16.2. The van der Waals surface area contributed by atoms with Crippen molar-refractivity contribution < 1.29 is 0 Å². The Balaban J connectivity index is 1.31. The van der Waals surface area contributed by atoms with Crippen LogP contribution in [-0.4, -0.2) is 61.2 Å². The average molecular weight is 515 g/mol. The van der Waals surface area contributed by atoms with Crippen LogP contribution in [0.5, 0.6) is 0 Å². The van der Waals surface area contributed by atoms with Crippen LogP contribution in [0.4, 0.5) is 0 Å². The molecule has 1 fully saturated rings. The Labute approximate surface area is 223 Å². The SMILES string of the molecule is CC(C)Cn1c(=O)n(C)c(=O)c2c1nc(CCN1CCN(C(c3ccccc3)c3ccccc3)CC1)n2C. The summed E-state index contributed by atoms with van der Waals surface area (Å²) in [6, 6.07) is 21.7. The van der Waals surface area contributed by atoms with Crippen LogP contribution in [0.1, 0.15) is 36.8 Å². The standard InChI is InChI=1S/C30H38N6O2/c1-22(2)21-36-28-27(29(37)33(4)30(36)38)32(3)25(31-28)15-16-34-17-19-35(20-18-34)26(23-11-7-5-8-12-23)24-13-9-6-10-14-24/h5-14,22,26H,15-21H2,1-4H3. The van der Waals surface area contributed by atoms with Crippen LogP contribution in [0.25, 0.3) is 11.2 Å². The van der Waals surface area contributed by atoms with E-state index in [4.69, 9.17) is 4.98 Å². The number of nitrogens with zero attached hydrogens (tertiary/aromatic N) is 6. The molecule has 38 heavy (non-hydrogen) atoms. The monoisotopic (exact) mass is 514 g/mol. The van der Waals surface area contributed by atoms with E-state index in [1.807, 2.05) is 11.6 Å². The van der Waals surface area contributed by atoms with Crippen LogP contribution in [0, 0.1) is 5.92 Å². The van der Waals surface area contributed by atoms with Crippen molar-refractivity contribution in [2.75, 3.05) is 32.7 Å². The second-order valence-electron chi connectivity index (χ2n) is 10.8. The first kappa shape index (κ1) is 26.1. The predicted octanol–water partition coefficient (Wildman–Crippen LogP) is 3.04. The molecular weight excluding hydrogens is 476 g/mol. The first-order valence-corrected chi connectivity index (χ1v) is 13.6. The minimum Gasteiger partial charge on any atom is -0.325 e. The van der Waals surface area contributed by atoms with Crippen LogP contribution in [-0.2, 0) is 27.1 Å². The van der Waals surface area contributed by atoms with Crippen molar-refractivity contribution in [2.24, 2.45) is 20.0 Å². The number of hydrogen-bond acceptors (Lipinski definition) is 5. The van der Waals surface area contributed by atoms with Gasteiger partial charge in [-0.1, -0.05) is 74.5 Å². The molecule has 200 valence electrons. The van der Waals surface area contributed by atoms with Gasteiger partial charge in [0.2, 0.25) is 0 Å². The summed E-state index contributed by atoms with van der Waals surface area (Å²) in [5.74, 6) is 1.11. The molecule has 0 unspecified atom stereocenters. The third kappa shape index (κ3) is 5.11. The van der Waals surface area contributed by atoms with Crippen LogP contribution in [0.15, 0.2) is 70.3 Å². The van der Waals surface area contributed by atoms with Gasteiger partial charge in [-0.15, -0.1) is 0 Å². The molecule has 0 atom stereocenters. The molecule has 2 aromatic carbocycles. The Morgan fingerprint density at radius 3 is 1.95 bits per heavy atom. The zero-order valence-corrected chi connectivity index (χ0v) is 22.9. The molecule has 5 rings (SSSR count).